The minimum Gasteiger partial charge on any atom is -0.372 e. The van der Waals surface area contributed by atoms with E-state index >= 15 is 0 Å². The fourth-order valence-corrected chi connectivity index (χ4v) is 3.11. The fourth-order valence-electron chi connectivity index (χ4n) is 3.11. The summed E-state index contributed by atoms with van der Waals surface area (Å²) in [5.74, 6) is 0.570. The number of rotatable bonds is 4. The molecule has 0 saturated carbocycles. The van der Waals surface area contributed by atoms with Gasteiger partial charge >= 0.3 is 0 Å². The summed E-state index contributed by atoms with van der Waals surface area (Å²) in [5, 5.41) is 6.25. The smallest absolute Gasteiger partial charge is 0.251 e. The maximum absolute atomic E-state index is 12.3. The van der Waals surface area contributed by atoms with Gasteiger partial charge in [-0.25, -0.2) is 4.98 Å². The van der Waals surface area contributed by atoms with E-state index in [4.69, 9.17) is 0 Å². The molecular weight excluding hydrogens is 324 g/mol. The van der Waals surface area contributed by atoms with Gasteiger partial charge in [0.2, 0.25) is 0 Å². The number of pyridine rings is 1. The number of nitrogens with zero attached hydrogens (tertiary/aromatic N) is 2. The standard InChI is InChI=1S/C21H28N4O/c1-21(2,3)24-20(26)16-11-12-22-19(15-16)23-17-7-9-18(10-8-17)25-13-5-4-6-14-25/h7-12,15H,4-6,13-14H2,1-3H3,(H,22,23)(H,24,26). The molecule has 26 heavy (non-hydrogen) atoms. The van der Waals surface area contributed by atoms with Gasteiger partial charge in [-0.15, -0.1) is 0 Å². The highest BCUT2D eigenvalue weighted by Crippen LogP contribution is 2.23. The van der Waals surface area contributed by atoms with Crippen LogP contribution in [0.3, 0.4) is 0 Å². The maximum atomic E-state index is 12.3. The van der Waals surface area contributed by atoms with Crippen molar-refractivity contribution in [2.45, 2.75) is 45.6 Å². The Bertz CT molecular complexity index is 743. The first kappa shape index (κ1) is 18.2. The minimum atomic E-state index is -0.266. The third kappa shape index (κ3) is 4.97. The first-order valence-electron chi connectivity index (χ1n) is 9.31. The van der Waals surface area contributed by atoms with Crippen molar-refractivity contribution in [3.8, 4) is 0 Å². The van der Waals surface area contributed by atoms with Gasteiger partial charge in [0.05, 0.1) is 0 Å². The van der Waals surface area contributed by atoms with E-state index in [1.165, 1.54) is 24.9 Å². The monoisotopic (exact) mass is 352 g/mol. The van der Waals surface area contributed by atoms with Crippen LogP contribution in [-0.2, 0) is 0 Å². The third-order valence-electron chi connectivity index (χ3n) is 4.37. The number of nitrogens with one attached hydrogen (secondary N) is 2. The summed E-state index contributed by atoms with van der Waals surface area (Å²) in [6.45, 7) is 8.18. The average molecular weight is 352 g/mol. The summed E-state index contributed by atoms with van der Waals surface area (Å²) in [6.07, 6.45) is 5.53. The van der Waals surface area contributed by atoms with Crippen molar-refractivity contribution >= 4 is 23.1 Å². The minimum absolute atomic E-state index is 0.0941. The maximum Gasteiger partial charge on any atom is 0.251 e. The number of anilines is 3. The number of hydrogen-bond acceptors (Lipinski definition) is 4. The molecule has 2 heterocycles. The molecule has 1 aliphatic heterocycles. The number of carbonyl (C=O) groups excluding carboxylic acids is 1. The summed E-state index contributed by atoms with van der Waals surface area (Å²) in [7, 11) is 0. The Labute approximate surface area is 155 Å². The van der Waals surface area contributed by atoms with Crippen LogP contribution in [0.25, 0.3) is 0 Å². The van der Waals surface area contributed by atoms with E-state index in [-0.39, 0.29) is 11.4 Å². The third-order valence-corrected chi connectivity index (χ3v) is 4.37. The van der Waals surface area contributed by atoms with E-state index in [0.717, 1.165) is 18.8 Å². The SMILES string of the molecule is CC(C)(C)NC(=O)c1ccnc(Nc2ccc(N3CCCCC3)cc2)c1. The topological polar surface area (TPSA) is 57.3 Å². The predicted octanol–water partition coefficient (Wildman–Crippen LogP) is 4.34. The lowest BCUT2D eigenvalue weighted by Crippen LogP contribution is -2.40. The van der Waals surface area contributed by atoms with Crippen molar-refractivity contribution in [1.82, 2.24) is 10.3 Å². The molecule has 2 aromatic rings. The Kier molecular flexibility index (Phi) is 5.45. The number of piperidine rings is 1. The van der Waals surface area contributed by atoms with Crippen LogP contribution in [0.15, 0.2) is 42.6 Å². The second-order valence-electron chi connectivity index (χ2n) is 7.85. The highest BCUT2D eigenvalue weighted by atomic mass is 16.1. The predicted molar refractivity (Wildman–Crippen MR) is 107 cm³/mol. The molecule has 2 N–H and O–H groups in total. The van der Waals surface area contributed by atoms with Crippen LogP contribution in [0.5, 0.6) is 0 Å². The van der Waals surface area contributed by atoms with E-state index < -0.39 is 0 Å². The van der Waals surface area contributed by atoms with E-state index in [1.54, 1.807) is 18.3 Å². The van der Waals surface area contributed by atoms with E-state index in [0.29, 0.717) is 11.4 Å². The van der Waals surface area contributed by atoms with Crippen LogP contribution in [0.2, 0.25) is 0 Å². The molecule has 1 aromatic heterocycles. The molecule has 1 fully saturated rings. The molecule has 1 aromatic carbocycles. The number of carbonyl (C=O) groups is 1. The zero-order valence-electron chi connectivity index (χ0n) is 15.9. The number of benzene rings is 1. The fraction of sp³-hybridized carbons (Fsp3) is 0.429. The van der Waals surface area contributed by atoms with Crippen molar-refractivity contribution in [3.63, 3.8) is 0 Å². The zero-order valence-corrected chi connectivity index (χ0v) is 15.9. The van der Waals surface area contributed by atoms with E-state index in [1.807, 2.05) is 20.8 Å². The Morgan fingerprint density at radius 2 is 1.73 bits per heavy atom. The molecule has 5 nitrogen and oxygen atoms in total. The summed E-state index contributed by atoms with van der Waals surface area (Å²) >= 11 is 0. The summed E-state index contributed by atoms with van der Waals surface area (Å²) in [6, 6.07) is 11.9. The molecule has 0 bridgehead atoms. The molecule has 0 aliphatic carbocycles. The first-order chi connectivity index (χ1) is 12.4. The summed E-state index contributed by atoms with van der Waals surface area (Å²) in [5.41, 5.74) is 2.56. The molecule has 138 valence electrons. The molecule has 1 saturated heterocycles. The van der Waals surface area contributed by atoms with Crippen molar-refractivity contribution in [3.05, 3.63) is 48.2 Å². The lowest BCUT2D eigenvalue weighted by Gasteiger charge is -2.28. The van der Waals surface area contributed by atoms with Crippen LogP contribution >= 0.6 is 0 Å². The van der Waals surface area contributed by atoms with Gasteiger partial charge in [-0.1, -0.05) is 0 Å². The van der Waals surface area contributed by atoms with Gasteiger partial charge in [-0.05, 0) is 76.4 Å². The second kappa shape index (κ2) is 7.77. The van der Waals surface area contributed by atoms with Gasteiger partial charge in [0.15, 0.2) is 0 Å². The Balaban J connectivity index is 1.67. The Hall–Kier alpha value is -2.56. The van der Waals surface area contributed by atoms with Crippen molar-refractivity contribution in [1.29, 1.82) is 0 Å². The summed E-state index contributed by atoms with van der Waals surface area (Å²) in [4.78, 5) is 19.1. The number of hydrogen-bond donors (Lipinski definition) is 2. The molecule has 0 radical (unpaired) electrons. The van der Waals surface area contributed by atoms with Crippen molar-refractivity contribution < 1.29 is 4.79 Å². The van der Waals surface area contributed by atoms with E-state index in [2.05, 4.69) is 44.8 Å². The molecule has 3 rings (SSSR count). The van der Waals surface area contributed by atoms with Crippen LogP contribution in [-0.4, -0.2) is 29.5 Å². The lowest BCUT2D eigenvalue weighted by atomic mass is 10.1. The second-order valence-corrected chi connectivity index (χ2v) is 7.85. The van der Waals surface area contributed by atoms with Gasteiger partial charge in [-0.3, -0.25) is 4.79 Å². The molecule has 0 unspecified atom stereocenters. The summed E-state index contributed by atoms with van der Waals surface area (Å²) < 4.78 is 0. The molecule has 1 aliphatic rings. The zero-order chi connectivity index (χ0) is 18.6. The quantitative estimate of drug-likeness (QED) is 0.859. The number of amides is 1. The molecular formula is C21H28N4O. The Morgan fingerprint density at radius 3 is 2.38 bits per heavy atom. The van der Waals surface area contributed by atoms with Crippen molar-refractivity contribution in [2.75, 3.05) is 23.3 Å². The van der Waals surface area contributed by atoms with Crippen LogP contribution in [0.4, 0.5) is 17.2 Å². The number of aromatic nitrogens is 1. The average Bonchev–Trinajstić information content (AvgIpc) is 2.62. The molecule has 0 spiro atoms. The van der Waals surface area contributed by atoms with Gasteiger partial charge in [0.25, 0.3) is 5.91 Å². The van der Waals surface area contributed by atoms with Crippen LogP contribution < -0.4 is 15.5 Å². The molecule has 1 amide bonds. The van der Waals surface area contributed by atoms with Gasteiger partial charge in [0.1, 0.15) is 5.82 Å². The van der Waals surface area contributed by atoms with Gasteiger partial charge in [0, 0.05) is 41.8 Å². The molecule has 0 atom stereocenters. The lowest BCUT2D eigenvalue weighted by molar-refractivity contribution is 0.0919. The van der Waals surface area contributed by atoms with Gasteiger partial charge in [-0.2, -0.15) is 0 Å². The highest BCUT2D eigenvalue weighted by Gasteiger charge is 2.16. The largest absolute Gasteiger partial charge is 0.372 e. The van der Waals surface area contributed by atoms with Crippen LogP contribution in [0, 0.1) is 0 Å². The molecule has 5 heteroatoms. The highest BCUT2D eigenvalue weighted by molar-refractivity contribution is 5.95. The van der Waals surface area contributed by atoms with E-state index in [9.17, 15) is 4.79 Å². The van der Waals surface area contributed by atoms with Gasteiger partial charge < -0.3 is 15.5 Å². The van der Waals surface area contributed by atoms with Crippen molar-refractivity contribution in [2.24, 2.45) is 0 Å². The Morgan fingerprint density at radius 1 is 1.04 bits per heavy atom. The van der Waals surface area contributed by atoms with Crippen LogP contribution in [0.1, 0.15) is 50.4 Å². The first-order valence-corrected chi connectivity index (χ1v) is 9.31. The normalized spacial score (nSPS) is 14.8.